The van der Waals surface area contributed by atoms with E-state index in [1.807, 2.05) is 6.07 Å². The molecule has 1 fully saturated rings. The second-order valence-corrected chi connectivity index (χ2v) is 7.54. The number of amides is 1. The number of alkyl halides is 6. The molecule has 0 radical (unpaired) electrons. The lowest BCUT2D eigenvalue weighted by Gasteiger charge is -2.15. The summed E-state index contributed by atoms with van der Waals surface area (Å²) in [5, 5.41) is 11.5. The average molecular weight is 477 g/mol. The van der Waals surface area contributed by atoms with E-state index in [9.17, 15) is 35.9 Å². The standard InChI is InChI=1S/C20H21F6N5O2/c21-19(22,23)5-1-3-13(10-27)14-9-17(33)31(11-16(32)30-18(12-28)7-8-18)15(29-14)4-2-6-20(24,25)26/h1,3,9-10H,2,4-8,11,27H2,(H,30,32)/b3-1-,13-10+. The molecule has 0 spiro atoms. The first-order valence-corrected chi connectivity index (χ1v) is 9.83. The van der Waals surface area contributed by atoms with Crippen molar-refractivity contribution in [1.82, 2.24) is 14.9 Å². The molecule has 1 aromatic rings. The summed E-state index contributed by atoms with van der Waals surface area (Å²) in [5.41, 5.74) is 3.43. The van der Waals surface area contributed by atoms with E-state index < -0.39 is 55.2 Å². The van der Waals surface area contributed by atoms with E-state index in [0.717, 1.165) is 29.0 Å². The maximum atomic E-state index is 12.6. The molecule has 180 valence electrons. The molecule has 1 saturated carbocycles. The van der Waals surface area contributed by atoms with Crippen LogP contribution in [0.4, 0.5) is 26.3 Å². The van der Waals surface area contributed by atoms with Gasteiger partial charge in [0.25, 0.3) is 5.56 Å². The molecule has 1 heterocycles. The molecule has 1 aromatic heterocycles. The molecule has 1 aliphatic rings. The van der Waals surface area contributed by atoms with Crippen LogP contribution in [0.3, 0.4) is 0 Å². The van der Waals surface area contributed by atoms with E-state index in [1.165, 1.54) is 0 Å². The van der Waals surface area contributed by atoms with Gasteiger partial charge in [0.15, 0.2) is 0 Å². The molecule has 1 amide bonds. The van der Waals surface area contributed by atoms with Crippen LogP contribution >= 0.6 is 0 Å². The van der Waals surface area contributed by atoms with Gasteiger partial charge >= 0.3 is 12.4 Å². The summed E-state index contributed by atoms with van der Waals surface area (Å²) < 4.78 is 75.7. The lowest BCUT2D eigenvalue weighted by atomic mass is 10.1. The van der Waals surface area contributed by atoms with Crippen molar-refractivity contribution in [3.63, 3.8) is 0 Å². The molecule has 0 saturated heterocycles. The molecule has 2 rings (SSSR count). The smallest absolute Gasteiger partial charge is 0.392 e. The molecule has 0 aromatic carbocycles. The van der Waals surface area contributed by atoms with Crippen LogP contribution in [-0.2, 0) is 17.8 Å². The zero-order valence-corrected chi connectivity index (χ0v) is 17.3. The number of hydrogen-bond acceptors (Lipinski definition) is 5. The molecule has 7 nitrogen and oxygen atoms in total. The van der Waals surface area contributed by atoms with E-state index in [-0.39, 0.29) is 23.5 Å². The molecular formula is C20H21F6N5O2. The van der Waals surface area contributed by atoms with Gasteiger partial charge in [-0.05, 0) is 19.3 Å². The fourth-order valence-electron chi connectivity index (χ4n) is 2.89. The zero-order valence-electron chi connectivity index (χ0n) is 17.3. The Bertz CT molecular complexity index is 1030. The number of nitrogens with zero attached hydrogens (tertiary/aromatic N) is 3. The van der Waals surface area contributed by atoms with E-state index in [1.54, 1.807) is 0 Å². The van der Waals surface area contributed by atoms with Crippen molar-refractivity contribution >= 4 is 11.5 Å². The number of aromatic nitrogens is 2. The zero-order chi connectivity index (χ0) is 24.9. The summed E-state index contributed by atoms with van der Waals surface area (Å²) in [6, 6.07) is 2.87. The minimum absolute atomic E-state index is 0.0496. The van der Waals surface area contributed by atoms with Crippen molar-refractivity contribution in [2.24, 2.45) is 5.73 Å². The molecule has 1 aliphatic carbocycles. The summed E-state index contributed by atoms with van der Waals surface area (Å²) in [6.07, 6.45) is -8.56. The molecule has 0 bridgehead atoms. The van der Waals surface area contributed by atoms with E-state index in [2.05, 4.69) is 10.3 Å². The predicted octanol–water partition coefficient (Wildman–Crippen LogP) is 3.11. The largest absolute Gasteiger partial charge is 0.404 e. The maximum Gasteiger partial charge on any atom is 0.392 e. The molecule has 0 aliphatic heterocycles. The van der Waals surface area contributed by atoms with Gasteiger partial charge in [-0.1, -0.05) is 12.2 Å². The van der Waals surface area contributed by atoms with Gasteiger partial charge in [-0.25, -0.2) is 4.98 Å². The summed E-state index contributed by atoms with van der Waals surface area (Å²) >= 11 is 0. The number of halogens is 6. The summed E-state index contributed by atoms with van der Waals surface area (Å²) in [7, 11) is 0. The van der Waals surface area contributed by atoms with Gasteiger partial charge in [-0.3, -0.25) is 14.2 Å². The molecule has 3 N–H and O–H groups in total. The second kappa shape index (κ2) is 10.1. The third kappa shape index (κ3) is 8.28. The van der Waals surface area contributed by atoms with Gasteiger partial charge in [0, 0.05) is 30.7 Å². The first-order chi connectivity index (χ1) is 15.3. The minimum atomic E-state index is -4.47. The van der Waals surface area contributed by atoms with Gasteiger partial charge < -0.3 is 11.1 Å². The number of carbonyl (C=O) groups excluding carboxylic acids is 1. The van der Waals surface area contributed by atoms with Crippen LogP contribution in [0, 0.1) is 11.3 Å². The first-order valence-electron chi connectivity index (χ1n) is 9.83. The Labute approximate surface area is 184 Å². The molecule has 33 heavy (non-hydrogen) atoms. The number of nitrogens with one attached hydrogen (secondary N) is 1. The normalized spacial score (nSPS) is 16.0. The van der Waals surface area contributed by atoms with Crippen LogP contribution in [0.5, 0.6) is 0 Å². The SMILES string of the molecule is N#CC1(NC(=O)Cn2c(CCCC(F)(F)F)nc(C(/C=C\CC(F)(F)F)=C/N)cc2=O)CC1. The topological polar surface area (TPSA) is 114 Å². The second-order valence-electron chi connectivity index (χ2n) is 7.54. The number of hydrogen-bond donors (Lipinski definition) is 2. The number of rotatable bonds is 9. The van der Waals surface area contributed by atoms with Gasteiger partial charge in [0.05, 0.1) is 18.2 Å². The number of nitrogens with two attached hydrogens (primary N) is 1. The Hall–Kier alpha value is -3.30. The molecule has 0 atom stereocenters. The van der Waals surface area contributed by atoms with Crippen LogP contribution in [0.25, 0.3) is 5.57 Å². The van der Waals surface area contributed by atoms with Gasteiger partial charge in [0.1, 0.15) is 17.9 Å². The number of carbonyl (C=O) groups is 1. The van der Waals surface area contributed by atoms with Crippen molar-refractivity contribution in [2.45, 2.75) is 63.0 Å². The quantitative estimate of drug-likeness (QED) is 0.419. The summed E-state index contributed by atoms with van der Waals surface area (Å²) in [6.45, 7) is -0.581. The fraction of sp³-hybridized carbons (Fsp3) is 0.500. The number of aryl methyl sites for hydroxylation is 1. The first kappa shape index (κ1) is 26.0. The number of nitriles is 1. The average Bonchev–Trinajstić information content (AvgIpc) is 3.45. The molecular weight excluding hydrogens is 456 g/mol. The summed E-state index contributed by atoms with van der Waals surface area (Å²) in [5.74, 6) is -0.857. The van der Waals surface area contributed by atoms with Crippen LogP contribution in [0.15, 0.2) is 29.2 Å². The van der Waals surface area contributed by atoms with E-state index in [4.69, 9.17) is 11.0 Å². The van der Waals surface area contributed by atoms with Crippen LogP contribution in [0.2, 0.25) is 0 Å². The Morgan fingerprint density at radius 1 is 1.27 bits per heavy atom. The van der Waals surface area contributed by atoms with Gasteiger partial charge in [-0.2, -0.15) is 31.6 Å². The highest BCUT2D eigenvalue weighted by Gasteiger charge is 2.44. The van der Waals surface area contributed by atoms with E-state index >= 15 is 0 Å². The highest BCUT2D eigenvalue weighted by Crippen LogP contribution is 2.34. The van der Waals surface area contributed by atoms with Gasteiger partial charge in [-0.15, -0.1) is 0 Å². The predicted molar refractivity (Wildman–Crippen MR) is 105 cm³/mol. The highest BCUT2D eigenvalue weighted by atomic mass is 19.4. The van der Waals surface area contributed by atoms with Crippen molar-refractivity contribution in [1.29, 1.82) is 5.26 Å². The lowest BCUT2D eigenvalue weighted by Crippen LogP contribution is -2.40. The highest BCUT2D eigenvalue weighted by molar-refractivity contribution is 5.78. The van der Waals surface area contributed by atoms with Crippen molar-refractivity contribution < 1.29 is 31.1 Å². The Morgan fingerprint density at radius 2 is 1.94 bits per heavy atom. The Balaban J connectivity index is 2.33. The third-order valence-electron chi connectivity index (χ3n) is 4.71. The Kier molecular flexibility index (Phi) is 7.94. The van der Waals surface area contributed by atoms with Crippen molar-refractivity contribution in [2.75, 3.05) is 0 Å². The van der Waals surface area contributed by atoms with Crippen LogP contribution in [0.1, 0.15) is 43.6 Å². The Morgan fingerprint density at radius 3 is 2.45 bits per heavy atom. The van der Waals surface area contributed by atoms with Gasteiger partial charge in [0.2, 0.25) is 5.91 Å². The third-order valence-corrected chi connectivity index (χ3v) is 4.71. The monoisotopic (exact) mass is 477 g/mol. The van der Waals surface area contributed by atoms with Crippen LogP contribution in [-0.4, -0.2) is 33.3 Å². The fourth-order valence-corrected chi connectivity index (χ4v) is 2.89. The molecule has 0 unspecified atom stereocenters. The molecule has 13 heteroatoms. The van der Waals surface area contributed by atoms with E-state index in [0.29, 0.717) is 12.8 Å². The van der Waals surface area contributed by atoms with Crippen LogP contribution < -0.4 is 16.6 Å². The van der Waals surface area contributed by atoms with Crippen molar-refractivity contribution in [3.05, 3.63) is 46.3 Å². The lowest BCUT2D eigenvalue weighted by molar-refractivity contribution is -0.135. The summed E-state index contributed by atoms with van der Waals surface area (Å²) in [4.78, 5) is 29.0. The van der Waals surface area contributed by atoms with Crippen molar-refractivity contribution in [3.8, 4) is 6.07 Å². The maximum absolute atomic E-state index is 12.6. The number of allylic oxidation sites excluding steroid dienone is 3. The minimum Gasteiger partial charge on any atom is -0.404 e.